The van der Waals surface area contributed by atoms with Gasteiger partial charge in [0.2, 0.25) is 11.8 Å². The number of nitrogens with one attached hydrogen (secondary N) is 1. The number of thiazole rings is 1. The molecule has 23 heavy (non-hydrogen) atoms. The average Bonchev–Trinajstić information content (AvgIpc) is 3.03. The Hall–Kier alpha value is -1.92. The Balaban J connectivity index is 1.72. The van der Waals surface area contributed by atoms with Gasteiger partial charge >= 0.3 is 0 Å². The number of halogens is 1. The normalized spacial score (nSPS) is 17.6. The molecule has 1 N–H and O–H groups in total. The fourth-order valence-electron chi connectivity index (χ4n) is 2.52. The highest BCUT2D eigenvalue weighted by Crippen LogP contribution is 2.31. The number of carbonyl (C=O) groups excluding carboxylic acids is 2. The fourth-order valence-corrected chi connectivity index (χ4v) is 3.58. The number of aromatic nitrogens is 1. The molecule has 1 aliphatic rings. The predicted molar refractivity (Wildman–Crippen MR) is 92.1 cm³/mol. The van der Waals surface area contributed by atoms with Crippen LogP contribution in [0.3, 0.4) is 0 Å². The Morgan fingerprint density at radius 3 is 2.78 bits per heavy atom. The van der Waals surface area contributed by atoms with Gasteiger partial charge in [0, 0.05) is 17.8 Å². The van der Waals surface area contributed by atoms with Gasteiger partial charge in [0.1, 0.15) is 0 Å². The van der Waals surface area contributed by atoms with Crippen LogP contribution in [-0.2, 0) is 9.59 Å². The summed E-state index contributed by atoms with van der Waals surface area (Å²) in [6.45, 7) is 4.19. The number of hydrogen-bond acceptors (Lipinski definition) is 4. The molecule has 1 unspecified atom stereocenters. The molecular formula is C16H16ClN3O2S. The molecule has 1 fully saturated rings. The third-order valence-electron chi connectivity index (χ3n) is 3.90. The zero-order valence-electron chi connectivity index (χ0n) is 12.8. The van der Waals surface area contributed by atoms with Crippen LogP contribution in [0.5, 0.6) is 0 Å². The third kappa shape index (κ3) is 3.23. The summed E-state index contributed by atoms with van der Waals surface area (Å²) < 4.78 is 0. The van der Waals surface area contributed by atoms with Crippen LogP contribution in [0.25, 0.3) is 0 Å². The zero-order valence-corrected chi connectivity index (χ0v) is 14.4. The van der Waals surface area contributed by atoms with Gasteiger partial charge in [-0.3, -0.25) is 9.59 Å². The van der Waals surface area contributed by atoms with Crippen LogP contribution in [0.15, 0.2) is 24.3 Å². The van der Waals surface area contributed by atoms with E-state index >= 15 is 0 Å². The number of carbonyl (C=O) groups is 2. The SMILES string of the molecule is Cc1nc(NC(=O)C2CC(=O)N(c3ccccc3Cl)C2)sc1C. The van der Waals surface area contributed by atoms with Crippen molar-refractivity contribution in [3.05, 3.63) is 39.9 Å². The molecule has 0 saturated carbocycles. The van der Waals surface area contributed by atoms with Crippen LogP contribution in [0.4, 0.5) is 10.8 Å². The zero-order chi connectivity index (χ0) is 16.6. The monoisotopic (exact) mass is 349 g/mol. The Morgan fingerprint density at radius 1 is 1.39 bits per heavy atom. The van der Waals surface area contributed by atoms with Crippen molar-refractivity contribution in [2.45, 2.75) is 20.3 Å². The van der Waals surface area contributed by atoms with Crippen molar-refractivity contribution in [3.8, 4) is 0 Å². The minimum Gasteiger partial charge on any atom is -0.310 e. The molecule has 1 aromatic heterocycles. The lowest BCUT2D eigenvalue weighted by molar-refractivity contribution is -0.122. The van der Waals surface area contributed by atoms with Crippen molar-refractivity contribution in [1.29, 1.82) is 0 Å². The third-order valence-corrected chi connectivity index (χ3v) is 5.21. The van der Waals surface area contributed by atoms with E-state index in [0.717, 1.165) is 10.6 Å². The molecule has 1 aliphatic heterocycles. The van der Waals surface area contributed by atoms with Crippen molar-refractivity contribution >= 4 is 45.6 Å². The average molecular weight is 350 g/mol. The molecule has 2 heterocycles. The van der Waals surface area contributed by atoms with Gasteiger partial charge < -0.3 is 10.2 Å². The second-order valence-electron chi connectivity index (χ2n) is 5.51. The lowest BCUT2D eigenvalue weighted by atomic mass is 10.1. The summed E-state index contributed by atoms with van der Waals surface area (Å²) in [5.74, 6) is -0.672. The number of para-hydroxylation sites is 1. The molecule has 5 nitrogen and oxygen atoms in total. The van der Waals surface area contributed by atoms with Crippen molar-refractivity contribution in [2.75, 3.05) is 16.8 Å². The van der Waals surface area contributed by atoms with Crippen LogP contribution in [-0.4, -0.2) is 23.3 Å². The molecule has 2 amide bonds. The van der Waals surface area contributed by atoms with Crippen molar-refractivity contribution in [1.82, 2.24) is 4.98 Å². The summed E-state index contributed by atoms with van der Waals surface area (Å²) in [6.07, 6.45) is 0.181. The molecule has 1 saturated heterocycles. The van der Waals surface area contributed by atoms with Gasteiger partial charge in [0.05, 0.1) is 22.3 Å². The van der Waals surface area contributed by atoms with E-state index in [2.05, 4.69) is 10.3 Å². The number of hydrogen-bond donors (Lipinski definition) is 1. The first-order valence-electron chi connectivity index (χ1n) is 7.25. The smallest absolute Gasteiger partial charge is 0.231 e. The minimum atomic E-state index is -0.400. The van der Waals surface area contributed by atoms with Crippen LogP contribution in [0.2, 0.25) is 5.02 Å². The van der Waals surface area contributed by atoms with Crippen LogP contribution >= 0.6 is 22.9 Å². The van der Waals surface area contributed by atoms with E-state index < -0.39 is 5.92 Å². The Morgan fingerprint density at radius 2 is 2.13 bits per heavy atom. The van der Waals surface area contributed by atoms with E-state index in [1.807, 2.05) is 26.0 Å². The van der Waals surface area contributed by atoms with Gasteiger partial charge in [-0.05, 0) is 26.0 Å². The van der Waals surface area contributed by atoms with Gasteiger partial charge in [-0.25, -0.2) is 4.98 Å². The number of nitrogens with zero attached hydrogens (tertiary/aromatic N) is 2. The summed E-state index contributed by atoms with van der Waals surface area (Å²) in [4.78, 5) is 31.6. The molecule has 7 heteroatoms. The van der Waals surface area contributed by atoms with Crippen molar-refractivity contribution < 1.29 is 9.59 Å². The van der Waals surface area contributed by atoms with Crippen LogP contribution < -0.4 is 10.2 Å². The first-order valence-corrected chi connectivity index (χ1v) is 8.45. The number of amides is 2. The topological polar surface area (TPSA) is 62.3 Å². The van der Waals surface area contributed by atoms with Crippen LogP contribution in [0.1, 0.15) is 17.0 Å². The molecule has 3 rings (SSSR count). The Kier molecular flexibility index (Phi) is 4.37. The molecule has 0 radical (unpaired) electrons. The van der Waals surface area contributed by atoms with Crippen molar-refractivity contribution in [3.63, 3.8) is 0 Å². The Bertz CT molecular complexity index is 755. The maximum atomic E-state index is 12.4. The second kappa shape index (κ2) is 6.29. The van der Waals surface area contributed by atoms with Gasteiger partial charge in [-0.2, -0.15) is 0 Å². The molecule has 2 aromatic rings. The fraction of sp³-hybridized carbons (Fsp3) is 0.312. The molecular weight excluding hydrogens is 334 g/mol. The molecule has 1 aromatic carbocycles. The van der Waals surface area contributed by atoms with Gasteiger partial charge in [-0.1, -0.05) is 23.7 Å². The first-order chi connectivity index (χ1) is 11.0. The molecule has 0 bridgehead atoms. The number of benzene rings is 1. The van der Waals surface area contributed by atoms with Crippen LogP contribution in [0, 0.1) is 19.8 Å². The van der Waals surface area contributed by atoms with Gasteiger partial charge in [0.15, 0.2) is 5.13 Å². The lowest BCUT2D eigenvalue weighted by Crippen LogP contribution is -2.28. The molecule has 1 atom stereocenters. The summed E-state index contributed by atoms with van der Waals surface area (Å²) in [7, 11) is 0. The first kappa shape index (κ1) is 16.0. The standard InChI is InChI=1S/C16H16ClN3O2S/c1-9-10(2)23-16(18-9)19-15(22)11-7-14(21)20(8-11)13-6-4-3-5-12(13)17/h3-6,11H,7-8H2,1-2H3,(H,18,19,22). The summed E-state index contributed by atoms with van der Waals surface area (Å²) in [5, 5.41) is 3.89. The molecule has 0 spiro atoms. The highest BCUT2D eigenvalue weighted by Gasteiger charge is 2.36. The Labute approximate surface area is 143 Å². The summed E-state index contributed by atoms with van der Waals surface area (Å²) >= 11 is 7.58. The van der Waals surface area contributed by atoms with E-state index in [4.69, 9.17) is 11.6 Å². The highest BCUT2D eigenvalue weighted by atomic mass is 35.5. The van der Waals surface area contributed by atoms with E-state index in [9.17, 15) is 9.59 Å². The number of aryl methyl sites for hydroxylation is 2. The molecule has 0 aliphatic carbocycles. The van der Waals surface area contributed by atoms with E-state index in [-0.39, 0.29) is 18.2 Å². The lowest BCUT2D eigenvalue weighted by Gasteiger charge is -2.17. The predicted octanol–water partition coefficient (Wildman–Crippen LogP) is 3.40. The van der Waals surface area contributed by atoms with E-state index in [0.29, 0.717) is 22.4 Å². The maximum absolute atomic E-state index is 12.4. The van der Waals surface area contributed by atoms with E-state index in [1.165, 1.54) is 11.3 Å². The van der Waals surface area contributed by atoms with Crippen molar-refractivity contribution in [2.24, 2.45) is 5.92 Å². The summed E-state index contributed by atoms with van der Waals surface area (Å²) in [6, 6.07) is 7.15. The van der Waals surface area contributed by atoms with E-state index in [1.54, 1.807) is 17.0 Å². The summed E-state index contributed by atoms with van der Waals surface area (Å²) in [5.41, 5.74) is 1.56. The van der Waals surface area contributed by atoms with Gasteiger partial charge in [-0.15, -0.1) is 11.3 Å². The maximum Gasteiger partial charge on any atom is 0.231 e. The largest absolute Gasteiger partial charge is 0.310 e. The second-order valence-corrected chi connectivity index (χ2v) is 7.12. The highest BCUT2D eigenvalue weighted by molar-refractivity contribution is 7.15. The molecule has 120 valence electrons. The minimum absolute atomic E-state index is 0.0928. The number of rotatable bonds is 3. The number of anilines is 2. The van der Waals surface area contributed by atoms with Gasteiger partial charge in [0.25, 0.3) is 0 Å². The quantitative estimate of drug-likeness (QED) is 0.923.